The van der Waals surface area contributed by atoms with Gasteiger partial charge in [0.2, 0.25) is 0 Å². The maximum Gasteiger partial charge on any atom is 0.150 e. The molecule has 1 heterocycles. The summed E-state index contributed by atoms with van der Waals surface area (Å²) in [4.78, 5) is 2.04. The molecule has 0 spiro atoms. The molecule has 4 nitrogen and oxygen atoms in total. The van der Waals surface area contributed by atoms with Gasteiger partial charge < -0.3 is 20.1 Å². The molecule has 20 heavy (non-hydrogen) atoms. The van der Waals surface area contributed by atoms with E-state index in [0.717, 1.165) is 25.9 Å². The fourth-order valence-corrected chi connectivity index (χ4v) is 2.26. The van der Waals surface area contributed by atoms with Gasteiger partial charge >= 0.3 is 0 Å². The first kappa shape index (κ1) is 15.1. The highest BCUT2D eigenvalue weighted by atomic mass is 19.1. The summed E-state index contributed by atoms with van der Waals surface area (Å²) < 4.78 is 24.7. The van der Waals surface area contributed by atoms with Gasteiger partial charge in [-0.3, -0.25) is 0 Å². The van der Waals surface area contributed by atoms with Crippen molar-refractivity contribution in [3.8, 4) is 5.75 Å². The van der Waals surface area contributed by atoms with E-state index in [0.29, 0.717) is 18.0 Å². The summed E-state index contributed by atoms with van der Waals surface area (Å²) in [7, 11) is 1.62. The summed E-state index contributed by atoms with van der Waals surface area (Å²) in [5.41, 5.74) is 6.49. The number of ether oxygens (including phenoxy) is 2. The fraction of sp³-hybridized carbons (Fsp3) is 0.600. The number of benzene rings is 1. The van der Waals surface area contributed by atoms with Crippen molar-refractivity contribution >= 4 is 5.69 Å². The van der Waals surface area contributed by atoms with Crippen molar-refractivity contribution in [1.82, 2.24) is 0 Å². The van der Waals surface area contributed by atoms with Crippen LogP contribution in [0.3, 0.4) is 0 Å². The topological polar surface area (TPSA) is 47.7 Å². The van der Waals surface area contributed by atoms with E-state index in [4.69, 9.17) is 15.2 Å². The summed E-state index contributed by atoms with van der Waals surface area (Å²) in [5.74, 6) is 0.284. The third-order valence-electron chi connectivity index (χ3n) is 3.69. The van der Waals surface area contributed by atoms with E-state index >= 15 is 0 Å². The van der Waals surface area contributed by atoms with Gasteiger partial charge in [-0.25, -0.2) is 4.39 Å². The second kappa shape index (κ2) is 6.90. The lowest BCUT2D eigenvalue weighted by Crippen LogP contribution is -2.40. The maximum atomic E-state index is 14.2. The molecule has 1 unspecified atom stereocenters. The van der Waals surface area contributed by atoms with Crippen LogP contribution in [-0.2, 0) is 4.74 Å². The van der Waals surface area contributed by atoms with Crippen LogP contribution in [0.25, 0.3) is 0 Å². The van der Waals surface area contributed by atoms with Crippen LogP contribution in [0, 0.1) is 5.82 Å². The van der Waals surface area contributed by atoms with Gasteiger partial charge in [0.15, 0.2) is 0 Å². The van der Waals surface area contributed by atoms with Crippen LogP contribution in [0.15, 0.2) is 18.2 Å². The molecule has 0 aromatic heterocycles. The Bertz CT molecular complexity index is 434. The van der Waals surface area contributed by atoms with Crippen LogP contribution in [0.4, 0.5) is 10.1 Å². The third-order valence-corrected chi connectivity index (χ3v) is 3.69. The Hall–Kier alpha value is -1.33. The van der Waals surface area contributed by atoms with Crippen molar-refractivity contribution < 1.29 is 13.9 Å². The second-order valence-corrected chi connectivity index (χ2v) is 5.30. The van der Waals surface area contributed by atoms with Crippen LogP contribution in [0.2, 0.25) is 0 Å². The van der Waals surface area contributed by atoms with E-state index in [1.54, 1.807) is 19.2 Å². The molecule has 0 saturated carbocycles. The van der Waals surface area contributed by atoms with Crippen LogP contribution in [0.5, 0.6) is 5.75 Å². The molecule has 1 fully saturated rings. The molecule has 1 atom stereocenters. The zero-order chi connectivity index (χ0) is 14.5. The highest BCUT2D eigenvalue weighted by molar-refractivity contribution is 5.51. The predicted molar refractivity (Wildman–Crippen MR) is 77.8 cm³/mol. The Kier molecular flexibility index (Phi) is 5.20. The fourth-order valence-electron chi connectivity index (χ4n) is 2.26. The number of piperidine rings is 1. The summed E-state index contributed by atoms with van der Waals surface area (Å²) in [6.07, 6.45) is 1.80. The van der Waals surface area contributed by atoms with Crippen molar-refractivity contribution in [3.63, 3.8) is 0 Å². The van der Waals surface area contributed by atoms with Crippen LogP contribution < -0.4 is 15.4 Å². The average Bonchev–Trinajstić information content (AvgIpc) is 2.46. The zero-order valence-electron chi connectivity index (χ0n) is 12.1. The first-order valence-electron chi connectivity index (χ1n) is 7.06. The number of rotatable bonds is 5. The van der Waals surface area contributed by atoms with Crippen molar-refractivity contribution in [1.29, 1.82) is 0 Å². The Morgan fingerprint density at radius 1 is 1.40 bits per heavy atom. The number of anilines is 1. The number of methoxy groups -OCH3 is 1. The molecule has 0 amide bonds. The molecule has 1 aliphatic heterocycles. The molecular weight excluding hydrogens is 259 g/mol. The smallest absolute Gasteiger partial charge is 0.150 e. The van der Waals surface area contributed by atoms with Gasteiger partial charge in [-0.15, -0.1) is 0 Å². The van der Waals surface area contributed by atoms with Crippen LogP contribution >= 0.6 is 0 Å². The van der Waals surface area contributed by atoms with E-state index in [-0.39, 0.29) is 18.0 Å². The van der Waals surface area contributed by atoms with Crippen molar-refractivity contribution in [3.05, 3.63) is 24.0 Å². The minimum absolute atomic E-state index is 0.0127. The van der Waals surface area contributed by atoms with Crippen molar-refractivity contribution in [2.75, 3.05) is 31.7 Å². The normalized spacial score (nSPS) is 18.1. The van der Waals surface area contributed by atoms with E-state index in [1.165, 1.54) is 6.07 Å². The van der Waals surface area contributed by atoms with E-state index in [1.807, 2.05) is 11.8 Å². The monoisotopic (exact) mass is 282 g/mol. The Morgan fingerprint density at radius 3 is 2.70 bits per heavy atom. The highest BCUT2D eigenvalue weighted by Crippen LogP contribution is 2.26. The van der Waals surface area contributed by atoms with Crippen molar-refractivity contribution in [2.45, 2.75) is 31.9 Å². The molecule has 1 aromatic rings. The molecule has 1 aliphatic rings. The summed E-state index contributed by atoms with van der Waals surface area (Å²) in [6, 6.07) is 5.26. The van der Waals surface area contributed by atoms with E-state index < -0.39 is 0 Å². The lowest BCUT2D eigenvalue weighted by Gasteiger charge is -2.32. The number of nitrogens with two attached hydrogens (primary N) is 1. The Morgan fingerprint density at radius 2 is 2.10 bits per heavy atom. The molecule has 2 N–H and O–H groups in total. The van der Waals surface area contributed by atoms with Gasteiger partial charge in [-0.2, -0.15) is 0 Å². The number of hydrogen-bond donors (Lipinski definition) is 1. The molecule has 5 heteroatoms. The number of halogens is 1. The first-order chi connectivity index (χ1) is 9.60. The predicted octanol–water partition coefficient (Wildman–Crippen LogP) is 2.17. The Labute approximate surface area is 119 Å². The minimum atomic E-state index is -0.247. The molecule has 1 aromatic carbocycles. The highest BCUT2D eigenvalue weighted by Gasteiger charge is 2.19. The van der Waals surface area contributed by atoms with Crippen LogP contribution in [0.1, 0.15) is 19.8 Å². The Balaban J connectivity index is 1.98. The summed E-state index contributed by atoms with van der Waals surface area (Å²) in [5, 5.41) is 0. The zero-order valence-corrected chi connectivity index (χ0v) is 12.1. The van der Waals surface area contributed by atoms with Gasteiger partial charge in [-0.05, 0) is 31.9 Å². The van der Waals surface area contributed by atoms with Gasteiger partial charge in [-0.1, -0.05) is 0 Å². The van der Waals surface area contributed by atoms with Gasteiger partial charge in [0.05, 0.1) is 11.8 Å². The van der Waals surface area contributed by atoms with Gasteiger partial charge in [0.1, 0.15) is 18.2 Å². The largest absolute Gasteiger partial charge is 0.491 e. The van der Waals surface area contributed by atoms with Crippen LogP contribution in [-0.4, -0.2) is 39.0 Å². The minimum Gasteiger partial charge on any atom is -0.491 e. The van der Waals surface area contributed by atoms with Gasteiger partial charge in [0, 0.05) is 32.3 Å². The van der Waals surface area contributed by atoms with E-state index in [9.17, 15) is 4.39 Å². The molecule has 0 aliphatic carbocycles. The number of hydrogen-bond acceptors (Lipinski definition) is 4. The van der Waals surface area contributed by atoms with E-state index in [2.05, 4.69) is 0 Å². The first-order valence-corrected chi connectivity index (χ1v) is 7.06. The molecule has 1 saturated heterocycles. The molecule has 2 rings (SSSR count). The SMILES string of the molecule is COC(C)COc1ccc(N2CCC(N)CC2)c(F)c1. The molecular formula is C15H23FN2O2. The maximum absolute atomic E-state index is 14.2. The quantitative estimate of drug-likeness (QED) is 0.899. The summed E-state index contributed by atoms with van der Waals surface area (Å²) >= 11 is 0. The van der Waals surface area contributed by atoms with Crippen molar-refractivity contribution in [2.24, 2.45) is 5.73 Å². The molecule has 0 bridgehead atoms. The number of nitrogens with zero attached hydrogens (tertiary/aromatic N) is 1. The third kappa shape index (κ3) is 3.84. The lowest BCUT2D eigenvalue weighted by molar-refractivity contribution is 0.0715. The molecule has 0 radical (unpaired) electrons. The summed E-state index contributed by atoms with van der Waals surface area (Å²) in [6.45, 7) is 3.92. The standard InChI is InChI=1S/C15H23FN2O2/c1-11(19-2)10-20-13-3-4-15(14(16)9-13)18-7-5-12(17)6-8-18/h3-4,9,11-12H,5-8,10,17H2,1-2H3. The average molecular weight is 282 g/mol. The lowest BCUT2D eigenvalue weighted by atomic mass is 10.1. The second-order valence-electron chi connectivity index (χ2n) is 5.30. The molecule has 112 valence electrons. The van der Waals surface area contributed by atoms with Gasteiger partial charge in [0.25, 0.3) is 0 Å².